The molecule has 316 valence electrons. The number of azo groups is 2. The second kappa shape index (κ2) is 24.4. The lowest BCUT2D eigenvalue weighted by atomic mass is 9.93. The summed E-state index contributed by atoms with van der Waals surface area (Å²) in [7, 11) is 0. The number of phenols is 2. The summed E-state index contributed by atoms with van der Waals surface area (Å²) in [6.45, 7) is 26.2. The molecule has 4 aromatic carbocycles. The van der Waals surface area contributed by atoms with Crippen molar-refractivity contribution in [2.24, 2.45) is 20.5 Å². The van der Waals surface area contributed by atoms with E-state index in [0.29, 0.717) is 23.3 Å². The average molecular weight is 791 g/mol. The number of hydrogen-bond acceptors (Lipinski definition) is 7. The van der Waals surface area contributed by atoms with Gasteiger partial charge in [-0.25, -0.2) is 0 Å². The molecule has 0 unspecified atom stereocenters. The average Bonchev–Trinajstić information content (AvgIpc) is 3.18. The minimum Gasteiger partial charge on any atom is -0.508 e. The standard InChI is InChI=1S/C32H50N2O.C19H24N2O2/c1-8-9-10-11-12-13-14-15-16-17-20-35-32-30(24(2)3)22-29(23-31(32)25(4)5)34-33-28-19-18-26(6)27(7)21-28;1-11(2)16-9-15(10-17(12(3)4)19(16)23)21-20-14-6-7-18(22)13(5)8-14/h18-19,21-25H,8-17,20H2,1-7H3;6-12,22-23H,1-5H3. The van der Waals surface area contributed by atoms with Crippen molar-refractivity contribution in [2.45, 2.75) is 171 Å². The van der Waals surface area contributed by atoms with Gasteiger partial charge in [0.15, 0.2) is 0 Å². The van der Waals surface area contributed by atoms with E-state index in [-0.39, 0.29) is 17.6 Å². The van der Waals surface area contributed by atoms with Crippen LogP contribution in [0.3, 0.4) is 0 Å². The first kappa shape index (κ1) is 47.9. The van der Waals surface area contributed by atoms with Crippen LogP contribution in [0.15, 0.2) is 81.1 Å². The molecular weight excluding hydrogens is 717 g/mol. The highest BCUT2D eigenvalue weighted by molar-refractivity contribution is 5.56. The van der Waals surface area contributed by atoms with Crippen molar-refractivity contribution in [3.63, 3.8) is 0 Å². The van der Waals surface area contributed by atoms with Gasteiger partial charge < -0.3 is 14.9 Å². The van der Waals surface area contributed by atoms with Crippen molar-refractivity contribution in [3.8, 4) is 17.2 Å². The maximum absolute atomic E-state index is 10.4. The van der Waals surface area contributed by atoms with Crippen LogP contribution >= 0.6 is 0 Å². The van der Waals surface area contributed by atoms with E-state index in [1.165, 1.54) is 80.0 Å². The monoisotopic (exact) mass is 791 g/mol. The molecule has 2 N–H and O–H groups in total. The van der Waals surface area contributed by atoms with Gasteiger partial charge in [-0.15, -0.1) is 0 Å². The number of nitrogens with zero attached hydrogens (tertiary/aromatic N) is 4. The summed E-state index contributed by atoms with van der Waals surface area (Å²) in [6.07, 6.45) is 13.4. The quantitative estimate of drug-likeness (QED) is 0.0689. The van der Waals surface area contributed by atoms with Crippen LogP contribution in [0.4, 0.5) is 22.7 Å². The Morgan fingerprint density at radius 3 is 1.28 bits per heavy atom. The van der Waals surface area contributed by atoms with Crippen LogP contribution in [0, 0.1) is 20.8 Å². The first-order valence-electron chi connectivity index (χ1n) is 22.0. The molecule has 0 fully saturated rings. The van der Waals surface area contributed by atoms with Crippen LogP contribution in [0.25, 0.3) is 0 Å². The molecule has 0 spiro atoms. The summed E-state index contributed by atoms with van der Waals surface area (Å²) in [5, 5.41) is 37.6. The number of aryl methyl sites for hydroxylation is 3. The zero-order valence-corrected chi connectivity index (χ0v) is 38.0. The Bertz CT molecular complexity index is 1870. The molecular formula is C51H74N4O3. The van der Waals surface area contributed by atoms with Crippen molar-refractivity contribution in [1.82, 2.24) is 0 Å². The lowest BCUT2D eigenvalue weighted by Crippen LogP contribution is -2.06. The number of benzene rings is 4. The SMILES string of the molecule is CCCCCCCCCCCCOc1c(C(C)C)cc(N=Nc2ccc(C)c(C)c2)cc1C(C)C.Cc1cc(N=Nc2cc(C(C)C)c(O)c(C(C)C)c2)ccc1O. The number of unbranched alkanes of at least 4 members (excludes halogenated alkanes) is 9. The number of rotatable bonds is 20. The molecule has 0 aliphatic carbocycles. The van der Waals surface area contributed by atoms with Crippen molar-refractivity contribution in [1.29, 1.82) is 0 Å². The molecule has 0 saturated carbocycles. The molecule has 4 aromatic rings. The highest BCUT2D eigenvalue weighted by atomic mass is 16.5. The molecule has 7 nitrogen and oxygen atoms in total. The van der Waals surface area contributed by atoms with Gasteiger partial charge in [0.2, 0.25) is 0 Å². The Labute approximate surface area is 351 Å². The zero-order chi connectivity index (χ0) is 42.8. The van der Waals surface area contributed by atoms with E-state index in [0.717, 1.165) is 52.5 Å². The summed E-state index contributed by atoms with van der Waals surface area (Å²) in [6, 6.07) is 19.4. The molecule has 0 amide bonds. The topological polar surface area (TPSA) is 99.1 Å². The van der Waals surface area contributed by atoms with Crippen LogP contribution in [-0.2, 0) is 0 Å². The lowest BCUT2D eigenvalue weighted by molar-refractivity contribution is 0.296. The second-order valence-corrected chi connectivity index (χ2v) is 17.2. The van der Waals surface area contributed by atoms with Crippen LogP contribution in [-0.4, -0.2) is 16.8 Å². The third kappa shape index (κ3) is 15.3. The summed E-state index contributed by atoms with van der Waals surface area (Å²) >= 11 is 0. The van der Waals surface area contributed by atoms with Gasteiger partial charge in [0.05, 0.1) is 29.4 Å². The van der Waals surface area contributed by atoms with Crippen molar-refractivity contribution in [2.75, 3.05) is 6.61 Å². The molecule has 0 aromatic heterocycles. The minimum absolute atomic E-state index is 0.207. The van der Waals surface area contributed by atoms with E-state index >= 15 is 0 Å². The van der Waals surface area contributed by atoms with E-state index in [2.05, 4.69) is 93.2 Å². The summed E-state index contributed by atoms with van der Waals surface area (Å²) in [5.41, 5.74) is 10.7. The Morgan fingerprint density at radius 1 is 0.448 bits per heavy atom. The van der Waals surface area contributed by atoms with Crippen LogP contribution in [0.2, 0.25) is 0 Å². The van der Waals surface area contributed by atoms with E-state index in [1.54, 1.807) is 18.2 Å². The van der Waals surface area contributed by atoms with E-state index < -0.39 is 0 Å². The first-order chi connectivity index (χ1) is 27.6. The van der Waals surface area contributed by atoms with E-state index in [4.69, 9.17) is 4.74 Å². The normalized spacial score (nSPS) is 11.8. The largest absolute Gasteiger partial charge is 0.508 e. The van der Waals surface area contributed by atoms with Gasteiger partial charge in [-0.1, -0.05) is 126 Å². The van der Waals surface area contributed by atoms with Crippen molar-refractivity contribution >= 4 is 22.7 Å². The predicted molar refractivity (Wildman–Crippen MR) is 245 cm³/mol. The molecule has 0 aliphatic rings. The Kier molecular flexibility index (Phi) is 20.1. The lowest BCUT2D eigenvalue weighted by Gasteiger charge is -2.21. The number of aromatic hydroxyl groups is 2. The molecule has 58 heavy (non-hydrogen) atoms. The smallest absolute Gasteiger partial charge is 0.126 e. The fourth-order valence-corrected chi connectivity index (χ4v) is 6.83. The Balaban J connectivity index is 0.000000338. The molecule has 7 heteroatoms. The third-order valence-electron chi connectivity index (χ3n) is 10.7. The summed E-state index contributed by atoms with van der Waals surface area (Å²) < 4.78 is 6.44. The van der Waals surface area contributed by atoms with Gasteiger partial charge in [0, 0.05) is 0 Å². The van der Waals surface area contributed by atoms with Crippen LogP contribution in [0.5, 0.6) is 17.2 Å². The zero-order valence-electron chi connectivity index (χ0n) is 38.0. The van der Waals surface area contributed by atoms with E-state index in [9.17, 15) is 10.2 Å². The number of hydrogen-bond donors (Lipinski definition) is 2. The molecule has 0 heterocycles. The second-order valence-electron chi connectivity index (χ2n) is 17.2. The van der Waals surface area contributed by atoms with Crippen LogP contribution < -0.4 is 4.74 Å². The van der Waals surface area contributed by atoms with Crippen molar-refractivity contribution in [3.05, 3.63) is 99.6 Å². The molecule has 4 rings (SSSR count). The maximum Gasteiger partial charge on any atom is 0.126 e. The summed E-state index contributed by atoms with van der Waals surface area (Å²) in [4.78, 5) is 0. The number of ether oxygens (including phenoxy) is 1. The molecule has 0 radical (unpaired) electrons. The molecule has 0 aliphatic heterocycles. The predicted octanol–water partition coefficient (Wildman–Crippen LogP) is 17.3. The van der Waals surface area contributed by atoms with Gasteiger partial charge in [0.25, 0.3) is 0 Å². The Hall–Kier alpha value is -4.52. The van der Waals surface area contributed by atoms with Gasteiger partial charge in [0.1, 0.15) is 17.2 Å². The molecule has 0 saturated heterocycles. The highest BCUT2D eigenvalue weighted by Crippen LogP contribution is 2.40. The minimum atomic E-state index is 0.207. The fourth-order valence-electron chi connectivity index (χ4n) is 6.83. The van der Waals surface area contributed by atoms with Gasteiger partial charge in [-0.2, -0.15) is 20.5 Å². The highest BCUT2D eigenvalue weighted by Gasteiger charge is 2.18. The van der Waals surface area contributed by atoms with Crippen molar-refractivity contribution < 1.29 is 14.9 Å². The summed E-state index contributed by atoms with van der Waals surface area (Å²) in [5.74, 6) is 2.82. The van der Waals surface area contributed by atoms with Crippen LogP contribution in [0.1, 0.15) is 189 Å². The maximum atomic E-state index is 10.4. The fraction of sp³-hybridized carbons (Fsp3) is 0.529. The number of phenolic OH excluding ortho intramolecular Hbond substituents is 2. The molecule has 0 bridgehead atoms. The third-order valence-corrected chi connectivity index (χ3v) is 10.7. The molecule has 0 atom stereocenters. The van der Waals surface area contributed by atoms with E-state index in [1.807, 2.05) is 52.8 Å². The van der Waals surface area contributed by atoms with Gasteiger partial charge in [-0.3, -0.25) is 0 Å². The van der Waals surface area contributed by atoms with Gasteiger partial charge >= 0.3 is 0 Å². The van der Waals surface area contributed by atoms with Gasteiger partial charge in [-0.05, 0) is 144 Å². The first-order valence-corrected chi connectivity index (χ1v) is 22.0. The Morgan fingerprint density at radius 2 is 0.845 bits per heavy atom.